The molecule has 0 atom stereocenters. The van der Waals surface area contributed by atoms with Crippen molar-refractivity contribution in [1.82, 2.24) is 4.98 Å². The monoisotopic (exact) mass is 401 g/mol. The van der Waals surface area contributed by atoms with Crippen molar-refractivity contribution in [2.24, 2.45) is 5.73 Å². The van der Waals surface area contributed by atoms with Crippen LogP contribution in [-0.4, -0.2) is 22.7 Å². The molecule has 1 aliphatic heterocycles. The lowest BCUT2D eigenvalue weighted by Crippen LogP contribution is -2.18. The number of aromatic nitrogens is 1. The fourth-order valence-corrected chi connectivity index (χ4v) is 3.32. The van der Waals surface area contributed by atoms with Gasteiger partial charge in [-0.05, 0) is 35.9 Å². The molecule has 0 saturated carbocycles. The molecule has 0 spiro atoms. The van der Waals surface area contributed by atoms with Crippen molar-refractivity contribution in [2.75, 3.05) is 16.0 Å². The summed E-state index contributed by atoms with van der Waals surface area (Å²) in [4.78, 5) is 39.9. The van der Waals surface area contributed by atoms with Crippen molar-refractivity contribution in [3.05, 3.63) is 83.2 Å². The molecule has 0 aliphatic carbocycles. The van der Waals surface area contributed by atoms with Crippen molar-refractivity contribution in [2.45, 2.75) is 13.0 Å². The summed E-state index contributed by atoms with van der Waals surface area (Å²) in [6, 6.07) is 15.8. The Morgan fingerprint density at radius 1 is 1.10 bits per heavy atom. The van der Waals surface area contributed by atoms with Crippen LogP contribution in [0.15, 0.2) is 60.8 Å². The first-order valence-electron chi connectivity index (χ1n) is 9.32. The number of pyridine rings is 1. The summed E-state index contributed by atoms with van der Waals surface area (Å²) in [6.07, 6.45) is 1.85. The zero-order valence-electron chi connectivity index (χ0n) is 15.9. The summed E-state index contributed by atoms with van der Waals surface area (Å²) in [5.41, 5.74) is 9.43. The average molecular weight is 401 g/mol. The molecule has 5 N–H and O–H groups in total. The Bertz CT molecular complexity index is 1160. The smallest absolute Gasteiger partial charge is 0.267 e. The minimum Gasteiger partial charge on any atom is -0.380 e. The summed E-state index contributed by atoms with van der Waals surface area (Å²) < 4.78 is 0. The number of fused-ring (bicyclic) bond motifs is 1. The minimum atomic E-state index is -0.609. The summed E-state index contributed by atoms with van der Waals surface area (Å²) in [7, 11) is 0. The lowest BCUT2D eigenvalue weighted by Gasteiger charge is -2.13. The topological polar surface area (TPSA) is 126 Å². The molecule has 150 valence electrons. The number of para-hydroxylation sites is 1. The third-order valence-corrected chi connectivity index (χ3v) is 4.76. The Hall–Kier alpha value is -4.20. The van der Waals surface area contributed by atoms with Gasteiger partial charge < -0.3 is 21.7 Å². The number of nitrogens with one attached hydrogen (secondary N) is 3. The number of hydrogen-bond acceptors (Lipinski definition) is 5. The Labute approximate surface area is 172 Å². The second kappa shape index (κ2) is 8.04. The Morgan fingerprint density at radius 2 is 1.93 bits per heavy atom. The molecule has 0 radical (unpaired) electrons. The van der Waals surface area contributed by atoms with Gasteiger partial charge in [0.2, 0.25) is 5.91 Å². The van der Waals surface area contributed by atoms with E-state index in [1.54, 1.807) is 42.5 Å². The molecule has 3 aromatic rings. The highest BCUT2D eigenvalue weighted by atomic mass is 16.2. The van der Waals surface area contributed by atoms with E-state index >= 15 is 0 Å². The number of carbonyl (C=O) groups excluding carboxylic acids is 3. The normalized spacial score (nSPS) is 12.1. The molecule has 0 bridgehead atoms. The van der Waals surface area contributed by atoms with Crippen LogP contribution in [0.3, 0.4) is 0 Å². The van der Waals surface area contributed by atoms with E-state index in [9.17, 15) is 14.4 Å². The van der Waals surface area contributed by atoms with Gasteiger partial charge in [-0.15, -0.1) is 0 Å². The molecule has 0 fully saturated rings. The molecular formula is C22H19N5O3. The van der Waals surface area contributed by atoms with E-state index in [0.29, 0.717) is 34.6 Å². The number of nitrogens with zero attached hydrogens (tertiary/aromatic N) is 1. The van der Waals surface area contributed by atoms with E-state index in [1.807, 2.05) is 12.1 Å². The lowest BCUT2D eigenvalue weighted by atomic mass is 10.1. The van der Waals surface area contributed by atoms with Crippen molar-refractivity contribution in [1.29, 1.82) is 0 Å². The van der Waals surface area contributed by atoms with Gasteiger partial charge in [0.1, 0.15) is 5.69 Å². The third-order valence-electron chi connectivity index (χ3n) is 4.76. The zero-order valence-corrected chi connectivity index (χ0v) is 15.9. The maximum Gasteiger partial charge on any atom is 0.267 e. The van der Waals surface area contributed by atoms with Gasteiger partial charge in [0.15, 0.2) is 0 Å². The van der Waals surface area contributed by atoms with Crippen molar-refractivity contribution in [3.63, 3.8) is 0 Å². The molecule has 1 aliphatic rings. The van der Waals surface area contributed by atoms with Crippen LogP contribution in [0.1, 0.15) is 32.0 Å². The molecular weight excluding hydrogens is 382 g/mol. The predicted octanol–water partition coefficient (Wildman–Crippen LogP) is 2.54. The lowest BCUT2D eigenvalue weighted by molar-refractivity contribution is -0.115. The molecule has 3 amide bonds. The Kier molecular flexibility index (Phi) is 5.13. The quantitative estimate of drug-likeness (QED) is 0.505. The third kappa shape index (κ3) is 3.97. The summed E-state index contributed by atoms with van der Waals surface area (Å²) in [6.45, 7) is 0.279. The first kappa shape index (κ1) is 19.1. The highest BCUT2D eigenvalue weighted by Gasteiger charge is 2.19. The zero-order chi connectivity index (χ0) is 21.1. The van der Waals surface area contributed by atoms with Gasteiger partial charge in [0.25, 0.3) is 11.8 Å². The van der Waals surface area contributed by atoms with E-state index in [1.165, 1.54) is 6.20 Å². The molecule has 0 saturated heterocycles. The number of hydrogen-bond donors (Lipinski definition) is 4. The van der Waals surface area contributed by atoms with Gasteiger partial charge >= 0.3 is 0 Å². The van der Waals surface area contributed by atoms with Gasteiger partial charge in [-0.1, -0.05) is 24.3 Å². The fraction of sp³-hybridized carbons (Fsp3) is 0.0909. The van der Waals surface area contributed by atoms with Gasteiger partial charge in [-0.25, -0.2) is 0 Å². The van der Waals surface area contributed by atoms with E-state index in [-0.39, 0.29) is 24.1 Å². The van der Waals surface area contributed by atoms with E-state index < -0.39 is 5.91 Å². The fourth-order valence-electron chi connectivity index (χ4n) is 3.32. The second-order valence-corrected chi connectivity index (χ2v) is 6.83. The molecule has 2 heterocycles. The van der Waals surface area contributed by atoms with Crippen molar-refractivity contribution in [3.8, 4) is 0 Å². The molecule has 8 nitrogen and oxygen atoms in total. The summed E-state index contributed by atoms with van der Waals surface area (Å²) >= 11 is 0. The largest absolute Gasteiger partial charge is 0.380 e. The van der Waals surface area contributed by atoms with Crippen molar-refractivity contribution >= 4 is 34.8 Å². The van der Waals surface area contributed by atoms with Gasteiger partial charge in [-0.3, -0.25) is 19.4 Å². The molecule has 1 aromatic heterocycles. The van der Waals surface area contributed by atoms with E-state index in [2.05, 4.69) is 20.9 Å². The molecule has 8 heteroatoms. The van der Waals surface area contributed by atoms with Crippen LogP contribution < -0.4 is 21.7 Å². The number of rotatable bonds is 6. The van der Waals surface area contributed by atoms with Crippen LogP contribution in [0.2, 0.25) is 0 Å². The number of amides is 3. The van der Waals surface area contributed by atoms with Crippen LogP contribution >= 0.6 is 0 Å². The predicted molar refractivity (Wildman–Crippen MR) is 113 cm³/mol. The Balaban J connectivity index is 1.51. The van der Waals surface area contributed by atoms with Gasteiger partial charge in [0.05, 0.1) is 12.0 Å². The Morgan fingerprint density at radius 3 is 2.77 bits per heavy atom. The SMILES string of the molecule is NC(=O)c1ncccc1CNc1ccccc1C(=O)Nc1ccc2c(c1)NC(=O)C2. The van der Waals surface area contributed by atoms with Gasteiger partial charge in [-0.2, -0.15) is 0 Å². The van der Waals surface area contributed by atoms with E-state index in [0.717, 1.165) is 5.56 Å². The standard InChI is InChI=1S/C22H19N5O3/c23-21(29)20-14(4-3-9-24-20)12-25-17-6-2-1-5-16(17)22(30)26-15-8-7-13-10-19(28)27-18(13)11-15/h1-9,11,25H,10,12H2,(H2,23,29)(H,26,30)(H,27,28). The number of primary amides is 1. The highest BCUT2D eigenvalue weighted by Crippen LogP contribution is 2.27. The minimum absolute atomic E-state index is 0.0613. The number of anilines is 3. The van der Waals surface area contributed by atoms with Crippen LogP contribution in [0.5, 0.6) is 0 Å². The van der Waals surface area contributed by atoms with Crippen LogP contribution in [0.4, 0.5) is 17.1 Å². The van der Waals surface area contributed by atoms with Crippen LogP contribution in [0.25, 0.3) is 0 Å². The van der Waals surface area contributed by atoms with E-state index in [4.69, 9.17) is 5.73 Å². The molecule has 4 rings (SSSR count). The maximum absolute atomic E-state index is 12.9. The molecule has 2 aromatic carbocycles. The highest BCUT2D eigenvalue weighted by molar-refractivity contribution is 6.09. The number of benzene rings is 2. The first-order valence-corrected chi connectivity index (χ1v) is 9.32. The van der Waals surface area contributed by atoms with Crippen LogP contribution in [-0.2, 0) is 17.8 Å². The number of nitrogens with two attached hydrogens (primary N) is 1. The number of carbonyl (C=O) groups is 3. The molecule has 30 heavy (non-hydrogen) atoms. The maximum atomic E-state index is 12.9. The first-order chi connectivity index (χ1) is 14.5. The van der Waals surface area contributed by atoms with Gasteiger partial charge in [0, 0.05) is 35.4 Å². The van der Waals surface area contributed by atoms with Crippen molar-refractivity contribution < 1.29 is 14.4 Å². The summed E-state index contributed by atoms with van der Waals surface area (Å²) in [5, 5.41) is 8.80. The summed E-state index contributed by atoms with van der Waals surface area (Å²) in [5.74, 6) is -0.973. The second-order valence-electron chi connectivity index (χ2n) is 6.83. The average Bonchev–Trinajstić information content (AvgIpc) is 3.11. The molecule has 0 unspecified atom stereocenters. The van der Waals surface area contributed by atoms with Crippen LogP contribution in [0, 0.1) is 0 Å².